The standard InChI is InChI=1S/C19H31N3O/c1-4-14(2)18(20)19(23)21-17-10-8-16(9-11-17)13-22-12-6-5-7-15(22)3/h8-11,14-15,18H,4-7,12-13,20H2,1-3H3,(H,21,23). The number of nitrogens with one attached hydrogen (secondary N) is 1. The number of nitrogens with two attached hydrogens (primary N) is 1. The van der Waals surface area contributed by atoms with Gasteiger partial charge in [0.15, 0.2) is 0 Å². The summed E-state index contributed by atoms with van der Waals surface area (Å²) in [5.74, 6) is 0.0895. The van der Waals surface area contributed by atoms with Gasteiger partial charge in [0.2, 0.25) is 5.91 Å². The summed E-state index contributed by atoms with van der Waals surface area (Å²) in [6.45, 7) is 8.54. The van der Waals surface area contributed by atoms with Crippen LogP contribution in [-0.2, 0) is 11.3 Å². The molecule has 0 aromatic heterocycles. The van der Waals surface area contributed by atoms with E-state index in [2.05, 4.69) is 29.3 Å². The number of carbonyl (C=O) groups excluding carboxylic acids is 1. The lowest BCUT2D eigenvalue weighted by atomic mass is 9.99. The van der Waals surface area contributed by atoms with Crippen molar-refractivity contribution in [1.29, 1.82) is 0 Å². The van der Waals surface area contributed by atoms with Gasteiger partial charge < -0.3 is 11.1 Å². The Morgan fingerprint density at radius 1 is 1.35 bits per heavy atom. The zero-order valence-corrected chi connectivity index (χ0v) is 14.7. The highest BCUT2D eigenvalue weighted by Gasteiger charge is 2.20. The highest BCUT2D eigenvalue weighted by Crippen LogP contribution is 2.20. The Kier molecular flexibility index (Phi) is 6.60. The molecule has 1 aromatic carbocycles. The molecule has 1 aromatic rings. The molecule has 1 fully saturated rings. The molecule has 4 nitrogen and oxygen atoms in total. The predicted molar refractivity (Wildman–Crippen MR) is 96.2 cm³/mol. The number of anilines is 1. The van der Waals surface area contributed by atoms with Gasteiger partial charge in [-0.1, -0.05) is 38.8 Å². The fraction of sp³-hybridized carbons (Fsp3) is 0.632. The van der Waals surface area contributed by atoms with E-state index < -0.39 is 6.04 Å². The third-order valence-corrected chi connectivity index (χ3v) is 5.11. The average Bonchev–Trinajstić information content (AvgIpc) is 2.57. The summed E-state index contributed by atoms with van der Waals surface area (Å²) in [5, 5.41) is 2.92. The summed E-state index contributed by atoms with van der Waals surface area (Å²) in [7, 11) is 0. The van der Waals surface area contributed by atoms with Crippen LogP contribution in [0.15, 0.2) is 24.3 Å². The van der Waals surface area contributed by atoms with Crippen LogP contribution in [0.3, 0.4) is 0 Å². The molecule has 0 aliphatic carbocycles. The van der Waals surface area contributed by atoms with Crippen molar-refractivity contribution in [1.82, 2.24) is 4.90 Å². The first-order chi connectivity index (χ1) is 11.0. The molecule has 3 atom stereocenters. The van der Waals surface area contributed by atoms with Gasteiger partial charge in [-0.05, 0) is 49.9 Å². The van der Waals surface area contributed by atoms with Gasteiger partial charge in [-0.2, -0.15) is 0 Å². The lowest BCUT2D eigenvalue weighted by Gasteiger charge is -2.33. The number of rotatable bonds is 6. The Morgan fingerprint density at radius 2 is 2.04 bits per heavy atom. The molecule has 0 saturated carbocycles. The van der Waals surface area contributed by atoms with E-state index >= 15 is 0 Å². The van der Waals surface area contributed by atoms with Gasteiger partial charge in [0.1, 0.15) is 0 Å². The largest absolute Gasteiger partial charge is 0.325 e. The quantitative estimate of drug-likeness (QED) is 0.845. The summed E-state index contributed by atoms with van der Waals surface area (Å²) in [6, 6.07) is 8.37. The molecule has 3 unspecified atom stereocenters. The molecule has 1 aliphatic rings. The number of piperidine rings is 1. The second-order valence-corrected chi connectivity index (χ2v) is 6.91. The van der Waals surface area contributed by atoms with Crippen LogP contribution in [0.4, 0.5) is 5.69 Å². The van der Waals surface area contributed by atoms with E-state index in [1.165, 1.54) is 31.4 Å². The van der Waals surface area contributed by atoms with Crippen molar-refractivity contribution in [2.45, 2.75) is 65.1 Å². The number of benzene rings is 1. The Bertz CT molecular complexity index is 500. The van der Waals surface area contributed by atoms with Gasteiger partial charge >= 0.3 is 0 Å². The first-order valence-corrected chi connectivity index (χ1v) is 8.90. The van der Waals surface area contributed by atoms with E-state index in [-0.39, 0.29) is 11.8 Å². The molecule has 23 heavy (non-hydrogen) atoms. The molecule has 4 heteroatoms. The van der Waals surface area contributed by atoms with Crippen LogP contribution in [0.2, 0.25) is 0 Å². The number of nitrogens with zero attached hydrogens (tertiary/aromatic N) is 1. The van der Waals surface area contributed by atoms with Crippen molar-refractivity contribution in [3.05, 3.63) is 29.8 Å². The van der Waals surface area contributed by atoms with Crippen molar-refractivity contribution in [2.24, 2.45) is 11.7 Å². The fourth-order valence-electron chi connectivity index (χ4n) is 3.06. The van der Waals surface area contributed by atoms with E-state index in [1.807, 2.05) is 26.0 Å². The van der Waals surface area contributed by atoms with Gasteiger partial charge in [0.05, 0.1) is 6.04 Å². The highest BCUT2D eigenvalue weighted by molar-refractivity contribution is 5.94. The minimum absolute atomic E-state index is 0.100. The van der Waals surface area contributed by atoms with Crippen molar-refractivity contribution in [3.63, 3.8) is 0 Å². The van der Waals surface area contributed by atoms with Gasteiger partial charge in [0.25, 0.3) is 0 Å². The Balaban J connectivity index is 1.90. The van der Waals surface area contributed by atoms with Crippen molar-refractivity contribution in [3.8, 4) is 0 Å². The van der Waals surface area contributed by atoms with Crippen LogP contribution in [0.5, 0.6) is 0 Å². The van der Waals surface area contributed by atoms with Crippen LogP contribution in [0.25, 0.3) is 0 Å². The van der Waals surface area contributed by atoms with Gasteiger partial charge in [0, 0.05) is 18.3 Å². The highest BCUT2D eigenvalue weighted by atomic mass is 16.2. The maximum atomic E-state index is 12.1. The van der Waals surface area contributed by atoms with Crippen LogP contribution >= 0.6 is 0 Å². The summed E-state index contributed by atoms with van der Waals surface area (Å²) in [6.07, 6.45) is 4.84. The minimum atomic E-state index is -0.450. The SMILES string of the molecule is CCC(C)C(N)C(=O)Nc1ccc(CN2CCCCC2C)cc1. The molecular formula is C19H31N3O. The van der Waals surface area contributed by atoms with Gasteiger partial charge in [-0.25, -0.2) is 0 Å². The number of hydrogen-bond donors (Lipinski definition) is 2. The summed E-state index contributed by atoms with van der Waals surface area (Å²) in [5.41, 5.74) is 8.09. The molecular weight excluding hydrogens is 286 g/mol. The third-order valence-electron chi connectivity index (χ3n) is 5.11. The predicted octanol–water partition coefficient (Wildman–Crippen LogP) is 3.37. The van der Waals surface area contributed by atoms with Crippen LogP contribution < -0.4 is 11.1 Å². The molecule has 1 saturated heterocycles. The van der Waals surface area contributed by atoms with Crippen LogP contribution in [0, 0.1) is 5.92 Å². The fourth-order valence-corrected chi connectivity index (χ4v) is 3.06. The van der Waals surface area contributed by atoms with Crippen LogP contribution in [-0.4, -0.2) is 29.4 Å². The second-order valence-electron chi connectivity index (χ2n) is 6.91. The summed E-state index contributed by atoms with van der Waals surface area (Å²) in [4.78, 5) is 14.7. The smallest absolute Gasteiger partial charge is 0.241 e. The topological polar surface area (TPSA) is 58.4 Å². The van der Waals surface area contributed by atoms with E-state index in [0.717, 1.165) is 18.7 Å². The summed E-state index contributed by atoms with van der Waals surface area (Å²) >= 11 is 0. The van der Waals surface area contributed by atoms with Crippen molar-refractivity contribution < 1.29 is 4.79 Å². The first-order valence-electron chi connectivity index (χ1n) is 8.90. The molecule has 0 bridgehead atoms. The number of amides is 1. The van der Waals surface area contributed by atoms with Gasteiger partial charge in [-0.3, -0.25) is 9.69 Å². The van der Waals surface area contributed by atoms with Crippen molar-refractivity contribution >= 4 is 11.6 Å². The Morgan fingerprint density at radius 3 is 2.65 bits per heavy atom. The second kappa shape index (κ2) is 8.46. The number of carbonyl (C=O) groups is 1. The molecule has 1 aliphatic heterocycles. The molecule has 0 radical (unpaired) electrons. The Labute approximate surface area is 140 Å². The molecule has 1 heterocycles. The number of likely N-dealkylation sites (tertiary alicyclic amines) is 1. The molecule has 0 spiro atoms. The molecule has 1 amide bonds. The maximum absolute atomic E-state index is 12.1. The Hall–Kier alpha value is -1.39. The van der Waals surface area contributed by atoms with E-state index in [1.54, 1.807) is 0 Å². The van der Waals surface area contributed by atoms with E-state index in [4.69, 9.17) is 5.73 Å². The van der Waals surface area contributed by atoms with E-state index in [9.17, 15) is 4.79 Å². The monoisotopic (exact) mass is 317 g/mol. The van der Waals surface area contributed by atoms with Gasteiger partial charge in [-0.15, -0.1) is 0 Å². The maximum Gasteiger partial charge on any atom is 0.241 e. The molecule has 2 rings (SSSR count). The first kappa shape index (κ1) is 18.0. The molecule has 128 valence electrons. The number of hydrogen-bond acceptors (Lipinski definition) is 3. The normalized spacial score (nSPS) is 21.7. The zero-order valence-electron chi connectivity index (χ0n) is 14.7. The average molecular weight is 317 g/mol. The van der Waals surface area contributed by atoms with E-state index in [0.29, 0.717) is 6.04 Å². The minimum Gasteiger partial charge on any atom is -0.325 e. The zero-order chi connectivity index (χ0) is 16.8. The summed E-state index contributed by atoms with van der Waals surface area (Å²) < 4.78 is 0. The van der Waals surface area contributed by atoms with Crippen LogP contribution in [0.1, 0.15) is 52.0 Å². The third kappa shape index (κ3) is 5.05. The molecule has 3 N–H and O–H groups in total. The van der Waals surface area contributed by atoms with Crippen molar-refractivity contribution in [2.75, 3.05) is 11.9 Å². The lowest BCUT2D eigenvalue weighted by molar-refractivity contribution is -0.118. The lowest BCUT2D eigenvalue weighted by Crippen LogP contribution is -2.40.